The molecule has 0 saturated carbocycles. The van der Waals surface area contributed by atoms with E-state index in [2.05, 4.69) is 10.1 Å². The van der Waals surface area contributed by atoms with Crippen LogP contribution in [0.3, 0.4) is 0 Å². The van der Waals surface area contributed by atoms with Gasteiger partial charge in [0.1, 0.15) is 18.1 Å². The number of carbonyl (C=O) groups excluding carboxylic acids is 1. The topological polar surface area (TPSA) is 90.5 Å². The van der Waals surface area contributed by atoms with E-state index in [1.165, 1.54) is 10.7 Å². The maximum Gasteiger partial charge on any atom is 0.267 e. The minimum absolute atomic E-state index is 0.0458. The molecule has 31 heavy (non-hydrogen) atoms. The van der Waals surface area contributed by atoms with Crippen LogP contribution in [0.5, 0.6) is 5.75 Å². The van der Waals surface area contributed by atoms with Gasteiger partial charge in [0.2, 0.25) is 5.91 Å². The molecule has 3 heterocycles. The predicted molar refractivity (Wildman–Crippen MR) is 114 cm³/mol. The molecule has 8 nitrogen and oxygen atoms in total. The monoisotopic (exact) mass is 422 g/mol. The van der Waals surface area contributed by atoms with Gasteiger partial charge < -0.3 is 14.1 Å². The molecule has 0 N–H and O–H groups in total. The van der Waals surface area contributed by atoms with E-state index in [0.717, 1.165) is 29.9 Å². The molecular weight excluding hydrogens is 396 g/mol. The SMILES string of the molecule is COc1ccc(Cc2cnc(C3CCCN(C(=O)Cn4nc(C)ccc4=O)C3)o2)cc1. The summed E-state index contributed by atoms with van der Waals surface area (Å²) in [7, 11) is 1.64. The van der Waals surface area contributed by atoms with Gasteiger partial charge in [-0.3, -0.25) is 9.59 Å². The molecule has 0 spiro atoms. The van der Waals surface area contributed by atoms with Crippen LogP contribution in [0.4, 0.5) is 0 Å². The van der Waals surface area contributed by atoms with E-state index in [9.17, 15) is 9.59 Å². The van der Waals surface area contributed by atoms with Gasteiger partial charge in [-0.15, -0.1) is 0 Å². The summed E-state index contributed by atoms with van der Waals surface area (Å²) in [5.74, 6) is 2.20. The highest BCUT2D eigenvalue weighted by molar-refractivity contribution is 5.76. The van der Waals surface area contributed by atoms with Crippen LogP contribution in [0.1, 0.15) is 41.7 Å². The average Bonchev–Trinajstić information content (AvgIpc) is 3.25. The van der Waals surface area contributed by atoms with Gasteiger partial charge in [0.05, 0.1) is 24.9 Å². The summed E-state index contributed by atoms with van der Waals surface area (Å²) in [5.41, 5.74) is 1.54. The third-order valence-electron chi connectivity index (χ3n) is 5.52. The van der Waals surface area contributed by atoms with Crippen molar-refractivity contribution in [3.8, 4) is 5.75 Å². The highest BCUT2D eigenvalue weighted by Crippen LogP contribution is 2.27. The van der Waals surface area contributed by atoms with E-state index < -0.39 is 0 Å². The Hall–Kier alpha value is -3.42. The molecule has 1 aliphatic rings. The fourth-order valence-electron chi connectivity index (χ4n) is 3.84. The van der Waals surface area contributed by atoms with E-state index in [4.69, 9.17) is 9.15 Å². The predicted octanol–water partition coefficient (Wildman–Crippen LogP) is 2.55. The van der Waals surface area contributed by atoms with Gasteiger partial charge in [0.15, 0.2) is 5.89 Å². The second kappa shape index (κ2) is 9.16. The zero-order chi connectivity index (χ0) is 21.8. The molecule has 1 aromatic carbocycles. The Bertz CT molecular complexity index is 1100. The van der Waals surface area contributed by atoms with Crippen molar-refractivity contribution in [2.45, 2.75) is 38.6 Å². The lowest BCUT2D eigenvalue weighted by Crippen LogP contribution is -2.42. The van der Waals surface area contributed by atoms with Gasteiger partial charge in [-0.2, -0.15) is 5.10 Å². The molecule has 0 bridgehead atoms. The Labute approximate surface area is 180 Å². The smallest absolute Gasteiger partial charge is 0.267 e. The summed E-state index contributed by atoms with van der Waals surface area (Å²) >= 11 is 0. The van der Waals surface area contributed by atoms with Crippen LogP contribution in [0.2, 0.25) is 0 Å². The molecule has 1 unspecified atom stereocenters. The summed E-state index contributed by atoms with van der Waals surface area (Å²) in [6, 6.07) is 10.9. The van der Waals surface area contributed by atoms with Crippen molar-refractivity contribution in [1.82, 2.24) is 19.7 Å². The maximum atomic E-state index is 12.8. The number of carbonyl (C=O) groups is 1. The first-order valence-corrected chi connectivity index (χ1v) is 10.4. The normalized spacial score (nSPS) is 16.3. The Morgan fingerprint density at radius 1 is 1.23 bits per heavy atom. The minimum atomic E-state index is -0.275. The summed E-state index contributed by atoms with van der Waals surface area (Å²) in [4.78, 5) is 31.0. The Balaban J connectivity index is 1.39. The zero-order valence-electron chi connectivity index (χ0n) is 17.8. The van der Waals surface area contributed by atoms with Crippen LogP contribution < -0.4 is 10.3 Å². The number of ether oxygens (including phenoxy) is 1. The summed E-state index contributed by atoms with van der Waals surface area (Å²) in [6.07, 6.45) is 4.18. The summed E-state index contributed by atoms with van der Waals surface area (Å²) < 4.78 is 12.4. The first-order valence-electron chi connectivity index (χ1n) is 10.4. The molecule has 2 aromatic heterocycles. The first-order chi connectivity index (χ1) is 15.0. The van der Waals surface area contributed by atoms with Crippen molar-refractivity contribution in [2.75, 3.05) is 20.2 Å². The van der Waals surface area contributed by atoms with E-state index in [1.807, 2.05) is 24.3 Å². The number of methoxy groups -OCH3 is 1. The third-order valence-corrected chi connectivity index (χ3v) is 5.52. The minimum Gasteiger partial charge on any atom is -0.497 e. The highest BCUT2D eigenvalue weighted by atomic mass is 16.5. The molecule has 1 atom stereocenters. The highest BCUT2D eigenvalue weighted by Gasteiger charge is 2.28. The number of hydrogen-bond donors (Lipinski definition) is 0. The van der Waals surface area contributed by atoms with E-state index >= 15 is 0 Å². The van der Waals surface area contributed by atoms with Crippen LogP contribution in [-0.2, 0) is 17.8 Å². The molecule has 1 aliphatic heterocycles. The van der Waals surface area contributed by atoms with Gasteiger partial charge >= 0.3 is 0 Å². The fourth-order valence-corrected chi connectivity index (χ4v) is 3.84. The van der Waals surface area contributed by atoms with Gasteiger partial charge in [-0.25, -0.2) is 9.67 Å². The van der Waals surface area contributed by atoms with Crippen molar-refractivity contribution in [3.63, 3.8) is 0 Å². The standard InChI is InChI=1S/C23H26N4O4/c1-16-5-10-21(28)27(25-16)15-22(29)26-11-3-4-18(14-26)23-24-13-20(31-23)12-17-6-8-19(30-2)9-7-17/h5-10,13,18H,3-4,11-12,14-15H2,1-2H3. The maximum absolute atomic E-state index is 12.8. The molecular formula is C23H26N4O4. The average molecular weight is 422 g/mol. The lowest BCUT2D eigenvalue weighted by Gasteiger charge is -2.31. The fraction of sp³-hybridized carbons (Fsp3) is 0.391. The number of aromatic nitrogens is 3. The Morgan fingerprint density at radius 3 is 2.81 bits per heavy atom. The molecule has 3 aromatic rings. The van der Waals surface area contributed by atoms with Crippen molar-refractivity contribution in [3.05, 3.63) is 75.9 Å². The third kappa shape index (κ3) is 5.02. The number of hydrogen-bond acceptors (Lipinski definition) is 6. The quantitative estimate of drug-likeness (QED) is 0.606. The van der Waals surface area contributed by atoms with Gasteiger partial charge in [0.25, 0.3) is 5.56 Å². The van der Waals surface area contributed by atoms with E-state index in [-0.39, 0.29) is 23.9 Å². The second-order valence-electron chi connectivity index (χ2n) is 7.84. The Kier molecular flexibility index (Phi) is 6.16. The van der Waals surface area contributed by atoms with Gasteiger partial charge in [0, 0.05) is 25.6 Å². The molecule has 0 aliphatic carbocycles. The number of rotatable bonds is 6. The number of aryl methyl sites for hydroxylation is 1. The molecule has 8 heteroatoms. The molecule has 1 fully saturated rings. The zero-order valence-corrected chi connectivity index (χ0v) is 17.8. The first kappa shape index (κ1) is 20.8. The Morgan fingerprint density at radius 2 is 2.03 bits per heavy atom. The lowest BCUT2D eigenvalue weighted by atomic mass is 9.98. The van der Waals surface area contributed by atoms with Crippen LogP contribution in [0.15, 0.2) is 51.8 Å². The number of oxazole rings is 1. The summed E-state index contributed by atoms with van der Waals surface area (Å²) in [5, 5.41) is 4.16. The van der Waals surface area contributed by atoms with Crippen LogP contribution in [0, 0.1) is 6.92 Å². The van der Waals surface area contributed by atoms with Crippen molar-refractivity contribution in [2.24, 2.45) is 0 Å². The van der Waals surface area contributed by atoms with Crippen LogP contribution in [-0.4, -0.2) is 45.8 Å². The number of likely N-dealkylation sites (tertiary alicyclic amines) is 1. The van der Waals surface area contributed by atoms with Crippen molar-refractivity contribution >= 4 is 5.91 Å². The summed E-state index contributed by atoms with van der Waals surface area (Å²) in [6.45, 7) is 2.93. The van der Waals surface area contributed by atoms with E-state index in [1.54, 1.807) is 31.2 Å². The van der Waals surface area contributed by atoms with Crippen molar-refractivity contribution in [1.29, 1.82) is 0 Å². The number of amides is 1. The molecule has 162 valence electrons. The van der Waals surface area contributed by atoms with Gasteiger partial charge in [-0.1, -0.05) is 12.1 Å². The number of piperidine rings is 1. The molecule has 1 amide bonds. The van der Waals surface area contributed by atoms with Crippen molar-refractivity contribution < 1.29 is 13.9 Å². The second-order valence-corrected chi connectivity index (χ2v) is 7.84. The van der Waals surface area contributed by atoms with Crippen LogP contribution >= 0.6 is 0 Å². The largest absolute Gasteiger partial charge is 0.497 e. The molecule has 1 saturated heterocycles. The van der Waals surface area contributed by atoms with Crippen LogP contribution in [0.25, 0.3) is 0 Å². The molecule has 0 radical (unpaired) electrons. The number of benzene rings is 1. The molecule has 4 rings (SSSR count). The lowest BCUT2D eigenvalue weighted by molar-refractivity contribution is -0.133. The van der Waals surface area contributed by atoms with E-state index in [0.29, 0.717) is 31.1 Å². The number of nitrogens with zero attached hydrogens (tertiary/aromatic N) is 4. The van der Waals surface area contributed by atoms with Gasteiger partial charge in [-0.05, 0) is 43.5 Å².